The van der Waals surface area contributed by atoms with Gasteiger partial charge in [0.05, 0.1) is 0 Å². The fraction of sp³-hybridized carbons (Fsp3) is 0.643. The summed E-state index contributed by atoms with van der Waals surface area (Å²) in [7, 11) is 0. The van der Waals surface area contributed by atoms with Gasteiger partial charge in [-0.15, -0.1) is 11.3 Å². The molecule has 0 radical (unpaired) electrons. The Balaban J connectivity index is 1.62. The number of likely N-dealkylation sites (tertiary alicyclic amines) is 1. The largest absolute Gasteiger partial charge is 0.455 e. The molecule has 7 heteroatoms. The van der Waals surface area contributed by atoms with Crippen molar-refractivity contribution >= 4 is 35.0 Å². The molecular weight excluding hydrogens is 308 g/mol. The molecule has 1 aromatic heterocycles. The van der Waals surface area contributed by atoms with E-state index in [1.54, 1.807) is 26.2 Å². The normalized spacial score (nSPS) is 19.9. The third-order valence-corrected chi connectivity index (χ3v) is 5.91. The molecular formula is C14H18N2O3S2. The Morgan fingerprint density at radius 1 is 1.33 bits per heavy atom. The lowest BCUT2D eigenvalue weighted by atomic mass is 9.83. The molecule has 1 aromatic rings. The second-order valence-corrected chi connectivity index (χ2v) is 8.54. The van der Waals surface area contributed by atoms with Crippen molar-refractivity contribution in [3.8, 4) is 0 Å². The third-order valence-electron chi connectivity index (χ3n) is 3.45. The number of ether oxygens (including phenoxy) is 1. The van der Waals surface area contributed by atoms with E-state index in [2.05, 4.69) is 4.98 Å². The van der Waals surface area contributed by atoms with Crippen molar-refractivity contribution in [1.82, 2.24) is 9.88 Å². The highest BCUT2D eigenvalue weighted by Gasteiger charge is 2.50. The molecule has 114 valence electrons. The highest BCUT2D eigenvalue weighted by Crippen LogP contribution is 2.45. The Hall–Kier alpha value is -1.08. The van der Waals surface area contributed by atoms with Crippen LogP contribution in [0.25, 0.3) is 0 Å². The summed E-state index contributed by atoms with van der Waals surface area (Å²) in [5, 5.41) is 1.97. The van der Waals surface area contributed by atoms with E-state index in [-0.39, 0.29) is 11.6 Å². The van der Waals surface area contributed by atoms with Crippen LogP contribution in [-0.4, -0.2) is 52.0 Å². The van der Waals surface area contributed by atoms with Gasteiger partial charge in [-0.1, -0.05) is 0 Å². The van der Waals surface area contributed by atoms with Gasteiger partial charge in [-0.05, 0) is 20.8 Å². The molecule has 2 aliphatic rings. The molecule has 0 aromatic carbocycles. The van der Waals surface area contributed by atoms with Gasteiger partial charge in [-0.2, -0.15) is 11.8 Å². The maximum atomic E-state index is 12.3. The van der Waals surface area contributed by atoms with E-state index in [1.165, 1.54) is 11.3 Å². The van der Waals surface area contributed by atoms with Crippen LogP contribution >= 0.6 is 23.1 Å². The van der Waals surface area contributed by atoms with Gasteiger partial charge in [-0.3, -0.25) is 4.79 Å². The van der Waals surface area contributed by atoms with Gasteiger partial charge < -0.3 is 9.64 Å². The molecule has 3 rings (SSSR count). The highest BCUT2D eigenvalue weighted by molar-refractivity contribution is 8.00. The van der Waals surface area contributed by atoms with Gasteiger partial charge in [0.2, 0.25) is 0 Å². The molecule has 3 heterocycles. The molecule has 2 saturated heterocycles. The first-order chi connectivity index (χ1) is 9.78. The number of esters is 1. The minimum Gasteiger partial charge on any atom is -0.455 e. The quantitative estimate of drug-likeness (QED) is 0.781. The lowest BCUT2D eigenvalue weighted by molar-refractivity contribution is 0.00633. The van der Waals surface area contributed by atoms with Crippen molar-refractivity contribution in [2.75, 3.05) is 24.6 Å². The first kappa shape index (κ1) is 14.8. The van der Waals surface area contributed by atoms with Gasteiger partial charge in [0.15, 0.2) is 10.7 Å². The maximum Gasteiger partial charge on any atom is 0.358 e. The van der Waals surface area contributed by atoms with E-state index in [0.29, 0.717) is 10.4 Å². The Bertz CT molecular complexity index is 579. The van der Waals surface area contributed by atoms with Crippen LogP contribution in [-0.2, 0) is 4.74 Å². The molecule has 0 N–H and O–H groups in total. The Morgan fingerprint density at radius 3 is 2.52 bits per heavy atom. The topological polar surface area (TPSA) is 59.5 Å². The minimum absolute atomic E-state index is 0.0719. The number of thioether (sulfide) groups is 1. The molecule has 0 unspecified atom stereocenters. The third kappa shape index (κ3) is 2.94. The van der Waals surface area contributed by atoms with Crippen LogP contribution in [0.3, 0.4) is 0 Å². The lowest BCUT2D eigenvalue weighted by Gasteiger charge is -2.54. The summed E-state index contributed by atoms with van der Waals surface area (Å²) in [4.78, 5) is 30.1. The number of aromatic nitrogens is 1. The molecule has 0 aliphatic carbocycles. The van der Waals surface area contributed by atoms with E-state index < -0.39 is 11.6 Å². The fourth-order valence-electron chi connectivity index (χ4n) is 2.41. The molecule has 1 amide bonds. The van der Waals surface area contributed by atoms with Gasteiger partial charge in [0.25, 0.3) is 5.91 Å². The maximum absolute atomic E-state index is 12.3. The van der Waals surface area contributed by atoms with Crippen LogP contribution in [0, 0.1) is 5.41 Å². The number of rotatable bonds is 2. The fourth-order valence-corrected chi connectivity index (χ4v) is 4.31. The van der Waals surface area contributed by atoms with E-state index >= 15 is 0 Å². The van der Waals surface area contributed by atoms with Crippen molar-refractivity contribution in [1.29, 1.82) is 0 Å². The summed E-state index contributed by atoms with van der Waals surface area (Å²) >= 11 is 3.14. The second kappa shape index (κ2) is 4.98. The first-order valence-electron chi connectivity index (χ1n) is 6.84. The van der Waals surface area contributed by atoms with E-state index in [4.69, 9.17) is 4.74 Å². The SMILES string of the molecule is CC(C)(C)OC(=O)c1csc(C(=O)N2CC3(CSC3)C2)n1. The zero-order valence-electron chi connectivity index (χ0n) is 12.3. The summed E-state index contributed by atoms with van der Waals surface area (Å²) in [6.45, 7) is 7.05. The summed E-state index contributed by atoms with van der Waals surface area (Å²) in [6.07, 6.45) is 0. The number of thiazole rings is 1. The summed E-state index contributed by atoms with van der Waals surface area (Å²) in [5.74, 6) is 1.75. The molecule has 5 nitrogen and oxygen atoms in total. The van der Waals surface area contributed by atoms with Gasteiger partial charge in [-0.25, -0.2) is 9.78 Å². The Labute approximate surface area is 132 Å². The molecule has 2 fully saturated rings. The van der Waals surface area contributed by atoms with Crippen LogP contribution in [0.15, 0.2) is 5.38 Å². The smallest absolute Gasteiger partial charge is 0.358 e. The van der Waals surface area contributed by atoms with Crippen molar-refractivity contribution < 1.29 is 14.3 Å². The highest BCUT2D eigenvalue weighted by atomic mass is 32.2. The number of hydrogen-bond acceptors (Lipinski definition) is 6. The predicted octanol–water partition coefficient (Wildman–Crippen LogP) is 2.29. The van der Waals surface area contributed by atoms with Crippen molar-refractivity contribution in [3.63, 3.8) is 0 Å². The van der Waals surface area contributed by atoms with Crippen molar-refractivity contribution in [2.45, 2.75) is 26.4 Å². The van der Waals surface area contributed by atoms with Crippen LogP contribution in [0.4, 0.5) is 0 Å². The average molecular weight is 326 g/mol. The van der Waals surface area contributed by atoms with E-state index in [1.807, 2.05) is 16.7 Å². The predicted molar refractivity (Wildman–Crippen MR) is 82.9 cm³/mol. The number of carbonyl (C=O) groups is 2. The van der Waals surface area contributed by atoms with Gasteiger partial charge in [0.1, 0.15) is 5.60 Å². The summed E-state index contributed by atoms with van der Waals surface area (Å²) < 4.78 is 5.25. The first-order valence-corrected chi connectivity index (χ1v) is 8.87. The van der Waals surface area contributed by atoms with Crippen LogP contribution in [0.1, 0.15) is 41.1 Å². The minimum atomic E-state index is -0.559. The van der Waals surface area contributed by atoms with Crippen LogP contribution < -0.4 is 0 Å². The van der Waals surface area contributed by atoms with Crippen molar-refractivity contribution in [3.05, 3.63) is 16.1 Å². The van der Waals surface area contributed by atoms with Crippen LogP contribution in [0.5, 0.6) is 0 Å². The van der Waals surface area contributed by atoms with Crippen LogP contribution in [0.2, 0.25) is 0 Å². The number of amides is 1. The number of nitrogens with zero attached hydrogens (tertiary/aromatic N) is 2. The Kier molecular flexibility index (Phi) is 3.52. The van der Waals surface area contributed by atoms with E-state index in [0.717, 1.165) is 24.6 Å². The molecule has 0 atom stereocenters. The van der Waals surface area contributed by atoms with Gasteiger partial charge >= 0.3 is 5.97 Å². The van der Waals surface area contributed by atoms with E-state index in [9.17, 15) is 9.59 Å². The second-order valence-electron chi connectivity index (χ2n) is 6.69. The summed E-state index contributed by atoms with van der Waals surface area (Å²) in [5.41, 5.74) is 0.0232. The Morgan fingerprint density at radius 2 is 2.00 bits per heavy atom. The molecule has 0 bridgehead atoms. The zero-order valence-corrected chi connectivity index (χ0v) is 14.0. The van der Waals surface area contributed by atoms with Gasteiger partial charge in [0, 0.05) is 35.4 Å². The molecule has 0 saturated carbocycles. The standard InChI is InChI=1S/C14H18N2O3S2/c1-13(2,3)19-12(18)9-4-21-10(15-9)11(17)16-5-14(6-16)7-20-8-14/h4H,5-8H2,1-3H3. The average Bonchev–Trinajstić information content (AvgIpc) is 2.71. The molecule has 21 heavy (non-hydrogen) atoms. The zero-order chi connectivity index (χ0) is 15.3. The van der Waals surface area contributed by atoms with Crippen molar-refractivity contribution in [2.24, 2.45) is 5.41 Å². The number of carbonyl (C=O) groups excluding carboxylic acids is 2. The number of hydrogen-bond donors (Lipinski definition) is 0. The summed E-state index contributed by atoms with van der Waals surface area (Å²) in [6, 6.07) is 0. The molecule has 1 spiro atoms. The lowest BCUT2D eigenvalue weighted by Crippen LogP contribution is -2.64. The monoisotopic (exact) mass is 326 g/mol. The molecule has 2 aliphatic heterocycles.